The third kappa shape index (κ3) is 7.04. The molecule has 1 amide bonds. The summed E-state index contributed by atoms with van der Waals surface area (Å²) in [5.41, 5.74) is 2.66. The molecule has 0 heterocycles. The van der Waals surface area contributed by atoms with Gasteiger partial charge in [0, 0.05) is 22.2 Å². The van der Waals surface area contributed by atoms with Gasteiger partial charge in [-0.1, -0.05) is 48.0 Å². The largest absolute Gasteiger partial charge is 0.493 e. The van der Waals surface area contributed by atoms with Crippen LogP contribution in [0.3, 0.4) is 0 Å². The van der Waals surface area contributed by atoms with Crippen LogP contribution in [0.25, 0.3) is 0 Å². The molecule has 1 atom stereocenters. The number of rotatable bonds is 10. The van der Waals surface area contributed by atoms with Gasteiger partial charge in [-0.2, -0.15) is 0 Å². The number of hydrogen-bond donors (Lipinski definition) is 1. The predicted molar refractivity (Wildman–Crippen MR) is 125 cm³/mol. The summed E-state index contributed by atoms with van der Waals surface area (Å²) in [6.45, 7) is 4.77. The zero-order valence-electron chi connectivity index (χ0n) is 17.9. The van der Waals surface area contributed by atoms with Crippen molar-refractivity contribution in [3.63, 3.8) is 0 Å². The minimum atomic E-state index is -0.104. The Balaban J connectivity index is 1.64. The van der Waals surface area contributed by atoms with E-state index in [0.29, 0.717) is 28.7 Å². The highest BCUT2D eigenvalue weighted by atomic mass is 35.5. The number of carbonyl (C=O) groups excluding carboxylic acids is 1. The van der Waals surface area contributed by atoms with E-state index in [-0.39, 0.29) is 18.6 Å². The molecule has 5 heteroatoms. The van der Waals surface area contributed by atoms with Crippen molar-refractivity contribution >= 4 is 17.5 Å². The third-order valence-electron chi connectivity index (χ3n) is 4.90. The van der Waals surface area contributed by atoms with Gasteiger partial charge in [-0.25, -0.2) is 0 Å². The molecule has 0 fully saturated rings. The van der Waals surface area contributed by atoms with Gasteiger partial charge in [0.2, 0.25) is 0 Å². The molecule has 0 saturated heterocycles. The normalized spacial score (nSPS) is 11.6. The molecule has 0 spiro atoms. The van der Waals surface area contributed by atoms with Crippen LogP contribution >= 0.6 is 11.6 Å². The molecule has 0 saturated carbocycles. The van der Waals surface area contributed by atoms with E-state index in [9.17, 15) is 4.79 Å². The maximum Gasteiger partial charge on any atom is 0.251 e. The Hall–Kier alpha value is -2.98. The first kappa shape index (κ1) is 22.7. The summed E-state index contributed by atoms with van der Waals surface area (Å²) >= 11 is 6.03. The van der Waals surface area contributed by atoms with Crippen LogP contribution in [-0.2, 0) is 13.0 Å². The molecule has 0 aliphatic rings. The van der Waals surface area contributed by atoms with Crippen LogP contribution in [0.1, 0.15) is 41.8 Å². The van der Waals surface area contributed by atoms with E-state index in [4.69, 9.17) is 21.1 Å². The molecular formula is C26H28ClNO3. The number of ether oxygens (including phenoxy) is 2. The van der Waals surface area contributed by atoms with E-state index in [2.05, 4.69) is 17.4 Å². The maximum absolute atomic E-state index is 12.8. The van der Waals surface area contributed by atoms with Gasteiger partial charge in [-0.3, -0.25) is 4.79 Å². The van der Waals surface area contributed by atoms with Crippen LogP contribution in [0.4, 0.5) is 0 Å². The monoisotopic (exact) mass is 437 g/mol. The van der Waals surface area contributed by atoms with Crippen LogP contribution in [0.2, 0.25) is 5.02 Å². The number of hydrogen-bond acceptors (Lipinski definition) is 3. The molecule has 3 aromatic rings. The smallest absolute Gasteiger partial charge is 0.251 e. The Morgan fingerprint density at radius 2 is 1.81 bits per heavy atom. The van der Waals surface area contributed by atoms with Gasteiger partial charge in [0.25, 0.3) is 5.91 Å². The van der Waals surface area contributed by atoms with Crippen molar-refractivity contribution in [2.24, 2.45) is 0 Å². The summed E-state index contributed by atoms with van der Waals surface area (Å²) in [5, 5.41) is 3.70. The average molecular weight is 438 g/mol. The molecule has 0 aliphatic carbocycles. The summed E-state index contributed by atoms with van der Waals surface area (Å²) < 4.78 is 11.6. The summed E-state index contributed by atoms with van der Waals surface area (Å²) in [4.78, 5) is 12.8. The standard InChI is InChI=1S/C26H28ClNO3/c1-3-30-25-15-14-21(16-22(25)18-31-24-11-7-10-23(27)17-24)26(29)28-19(2)12-13-20-8-5-4-6-9-20/h4-11,14-17,19H,3,12-13,18H2,1-2H3,(H,28,29). The number of benzene rings is 3. The first-order valence-corrected chi connectivity index (χ1v) is 10.9. The van der Waals surface area contributed by atoms with Crippen molar-refractivity contribution in [3.8, 4) is 11.5 Å². The molecule has 0 radical (unpaired) electrons. The Labute approximate surface area is 189 Å². The quantitative estimate of drug-likeness (QED) is 0.418. The lowest BCUT2D eigenvalue weighted by Gasteiger charge is -2.16. The van der Waals surface area contributed by atoms with Crippen molar-refractivity contribution in [2.45, 2.75) is 39.3 Å². The highest BCUT2D eigenvalue weighted by molar-refractivity contribution is 6.30. The van der Waals surface area contributed by atoms with E-state index in [1.165, 1.54) is 5.56 Å². The van der Waals surface area contributed by atoms with Gasteiger partial charge < -0.3 is 14.8 Å². The zero-order valence-corrected chi connectivity index (χ0v) is 18.7. The predicted octanol–water partition coefficient (Wildman–Crippen LogP) is 6.07. The second kappa shape index (κ2) is 11.4. The first-order chi connectivity index (χ1) is 15.0. The number of aryl methyl sites for hydroxylation is 1. The van der Waals surface area contributed by atoms with E-state index >= 15 is 0 Å². The first-order valence-electron chi connectivity index (χ1n) is 10.5. The number of amides is 1. The Morgan fingerprint density at radius 1 is 1.00 bits per heavy atom. The lowest BCUT2D eigenvalue weighted by Crippen LogP contribution is -2.33. The lowest BCUT2D eigenvalue weighted by molar-refractivity contribution is 0.0938. The van der Waals surface area contributed by atoms with Gasteiger partial charge in [-0.05, 0) is 68.7 Å². The summed E-state index contributed by atoms with van der Waals surface area (Å²) in [7, 11) is 0. The lowest BCUT2D eigenvalue weighted by atomic mass is 10.1. The van der Waals surface area contributed by atoms with Crippen LogP contribution in [0.15, 0.2) is 72.8 Å². The van der Waals surface area contributed by atoms with Crippen molar-refractivity contribution in [2.75, 3.05) is 6.61 Å². The van der Waals surface area contributed by atoms with E-state index in [1.807, 2.05) is 56.3 Å². The van der Waals surface area contributed by atoms with Crippen LogP contribution in [0.5, 0.6) is 11.5 Å². The van der Waals surface area contributed by atoms with Gasteiger partial charge in [-0.15, -0.1) is 0 Å². The molecule has 31 heavy (non-hydrogen) atoms. The van der Waals surface area contributed by atoms with E-state index < -0.39 is 0 Å². The van der Waals surface area contributed by atoms with Crippen molar-refractivity contribution in [1.29, 1.82) is 0 Å². The second-order valence-electron chi connectivity index (χ2n) is 7.40. The zero-order chi connectivity index (χ0) is 22.1. The molecule has 162 valence electrons. The molecule has 0 bridgehead atoms. The number of halogens is 1. The van der Waals surface area contributed by atoms with Gasteiger partial charge in [0.1, 0.15) is 18.1 Å². The maximum atomic E-state index is 12.8. The van der Waals surface area contributed by atoms with Gasteiger partial charge in [0.15, 0.2) is 0 Å². The Bertz CT molecular complexity index is 991. The fourth-order valence-electron chi connectivity index (χ4n) is 3.25. The molecule has 1 unspecified atom stereocenters. The summed E-state index contributed by atoms with van der Waals surface area (Å²) in [5.74, 6) is 1.27. The van der Waals surface area contributed by atoms with Gasteiger partial charge >= 0.3 is 0 Å². The SMILES string of the molecule is CCOc1ccc(C(=O)NC(C)CCc2ccccc2)cc1COc1cccc(Cl)c1. The highest BCUT2D eigenvalue weighted by Crippen LogP contribution is 2.24. The minimum Gasteiger partial charge on any atom is -0.493 e. The van der Waals surface area contributed by atoms with Crippen molar-refractivity contribution in [3.05, 3.63) is 94.5 Å². The molecule has 3 rings (SSSR count). The molecule has 4 nitrogen and oxygen atoms in total. The Kier molecular flexibility index (Phi) is 8.36. The van der Waals surface area contributed by atoms with Crippen LogP contribution in [-0.4, -0.2) is 18.6 Å². The van der Waals surface area contributed by atoms with Gasteiger partial charge in [0.05, 0.1) is 6.61 Å². The van der Waals surface area contributed by atoms with E-state index in [0.717, 1.165) is 18.4 Å². The highest BCUT2D eigenvalue weighted by Gasteiger charge is 2.14. The van der Waals surface area contributed by atoms with Crippen molar-refractivity contribution < 1.29 is 14.3 Å². The molecule has 3 aromatic carbocycles. The van der Waals surface area contributed by atoms with E-state index in [1.54, 1.807) is 18.2 Å². The topological polar surface area (TPSA) is 47.6 Å². The molecular weight excluding hydrogens is 410 g/mol. The van der Waals surface area contributed by atoms with Crippen LogP contribution < -0.4 is 14.8 Å². The van der Waals surface area contributed by atoms with Crippen LogP contribution in [0, 0.1) is 0 Å². The fraction of sp³-hybridized carbons (Fsp3) is 0.269. The molecule has 0 aliphatic heterocycles. The second-order valence-corrected chi connectivity index (χ2v) is 7.84. The average Bonchev–Trinajstić information content (AvgIpc) is 2.78. The Morgan fingerprint density at radius 3 is 2.55 bits per heavy atom. The summed E-state index contributed by atoms with van der Waals surface area (Å²) in [6.07, 6.45) is 1.79. The molecule has 1 N–H and O–H groups in total. The third-order valence-corrected chi connectivity index (χ3v) is 5.13. The minimum absolute atomic E-state index is 0.0606. The fourth-order valence-corrected chi connectivity index (χ4v) is 3.44. The molecule has 0 aromatic heterocycles. The number of carbonyl (C=O) groups is 1. The van der Waals surface area contributed by atoms with Crippen molar-refractivity contribution in [1.82, 2.24) is 5.32 Å². The summed E-state index contributed by atoms with van der Waals surface area (Å²) in [6, 6.07) is 23.0. The number of nitrogens with one attached hydrogen (secondary N) is 1.